The Morgan fingerprint density at radius 2 is 2.03 bits per heavy atom. The van der Waals surface area contributed by atoms with Gasteiger partial charge in [0.2, 0.25) is 11.1 Å². The molecule has 3 aromatic rings. The van der Waals surface area contributed by atoms with Gasteiger partial charge < -0.3 is 11.2 Å². The molecule has 31 heavy (non-hydrogen) atoms. The second-order valence-electron chi connectivity index (χ2n) is 9.07. The van der Waals surface area contributed by atoms with Gasteiger partial charge in [-0.05, 0) is 60.3 Å². The van der Waals surface area contributed by atoms with Gasteiger partial charge in [0.15, 0.2) is 5.82 Å². The van der Waals surface area contributed by atoms with E-state index in [1.807, 2.05) is 18.2 Å². The molecule has 6 nitrogen and oxygen atoms in total. The van der Waals surface area contributed by atoms with E-state index in [0.29, 0.717) is 29.1 Å². The molecule has 5 rings (SSSR count). The highest BCUT2D eigenvalue weighted by molar-refractivity contribution is 7.99. The minimum Gasteiger partial charge on any atom is -0.353 e. The molecule has 162 valence electrons. The molecule has 1 aromatic heterocycles. The lowest BCUT2D eigenvalue weighted by atomic mass is 9.84. The highest BCUT2D eigenvalue weighted by atomic mass is 32.2. The van der Waals surface area contributed by atoms with E-state index in [9.17, 15) is 4.79 Å². The molecule has 0 saturated heterocycles. The first-order valence-electron chi connectivity index (χ1n) is 11.2. The molecule has 2 bridgehead atoms. The summed E-state index contributed by atoms with van der Waals surface area (Å²) < 4.78 is 1.51. The van der Waals surface area contributed by atoms with E-state index in [4.69, 9.17) is 5.84 Å². The van der Waals surface area contributed by atoms with E-state index < -0.39 is 0 Å². The first-order chi connectivity index (χ1) is 15.1. The lowest BCUT2D eigenvalue weighted by Gasteiger charge is -2.28. The molecular formula is C24H29N5OS. The van der Waals surface area contributed by atoms with E-state index in [1.54, 1.807) is 0 Å². The molecule has 2 aliphatic rings. The number of hydrogen-bond acceptors (Lipinski definition) is 5. The van der Waals surface area contributed by atoms with Crippen LogP contribution < -0.4 is 11.2 Å². The van der Waals surface area contributed by atoms with Gasteiger partial charge in [-0.15, -0.1) is 10.2 Å². The van der Waals surface area contributed by atoms with E-state index in [0.717, 1.165) is 17.4 Å². The van der Waals surface area contributed by atoms with Crippen LogP contribution in [0.1, 0.15) is 44.0 Å². The van der Waals surface area contributed by atoms with Crippen molar-refractivity contribution in [2.75, 3.05) is 11.6 Å². The van der Waals surface area contributed by atoms with Crippen molar-refractivity contribution < 1.29 is 4.79 Å². The highest BCUT2D eigenvalue weighted by Crippen LogP contribution is 2.49. The number of carbonyl (C=O) groups excluding carboxylic acids is 1. The maximum atomic E-state index is 12.5. The molecular weight excluding hydrogens is 406 g/mol. The molecule has 2 fully saturated rings. The van der Waals surface area contributed by atoms with Crippen LogP contribution in [0, 0.1) is 17.8 Å². The first-order valence-corrected chi connectivity index (χ1v) is 12.1. The van der Waals surface area contributed by atoms with Crippen LogP contribution in [-0.2, 0) is 11.2 Å². The number of rotatable bonds is 7. The molecule has 2 saturated carbocycles. The molecule has 0 spiro atoms. The number of thioether (sulfide) groups is 1. The van der Waals surface area contributed by atoms with Crippen LogP contribution in [0.15, 0.2) is 47.6 Å². The molecule has 7 heteroatoms. The third-order valence-electron chi connectivity index (χ3n) is 7.12. The lowest BCUT2D eigenvalue weighted by Crippen LogP contribution is -2.41. The molecule has 2 aliphatic carbocycles. The number of hydrogen-bond donors (Lipinski definition) is 2. The van der Waals surface area contributed by atoms with Crippen LogP contribution >= 0.6 is 11.8 Å². The molecule has 1 heterocycles. The van der Waals surface area contributed by atoms with Gasteiger partial charge >= 0.3 is 0 Å². The number of nitrogens with zero attached hydrogens (tertiary/aromatic N) is 3. The summed E-state index contributed by atoms with van der Waals surface area (Å²) in [4.78, 5) is 12.5. The Morgan fingerprint density at radius 1 is 1.19 bits per heavy atom. The number of amides is 1. The summed E-state index contributed by atoms with van der Waals surface area (Å²) in [7, 11) is 0. The van der Waals surface area contributed by atoms with Gasteiger partial charge in [0.05, 0.1) is 5.75 Å². The lowest BCUT2D eigenvalue weighted by molar-refractivity contribution is -0.119. The monoisotopic (exact) mass is 435 g/mol. The van der Waals surface area contributed by atoms with E-state index >= 15 is 0 Å². The van der Waals surface area contributed by atoms with Gasteiger partial charge in [0, 0.05) is 12.5 Å². The second-order valence-corrected chi connectivity index (χ2v) is 10.0. The van der Waals surface area contributed by atoms with Crippen molar-refractivity contribution in [3.05, 3.63) is 53.9 Å². The fourth-order valence-corrected chi connectivity index (χ4v) is 6.27. The van der Waals surface area contributed by atoms with Crippen molar-refractivity contribution in [1.82, 2.24) is 20.2 Å². The smallest absolute Gasteiger partial charge is 0.230 e. The fourth-order valence-electron chi connectivity index (χ4n) is 5.58. The topological polar surface area (TPSA) is 85.8 Å². The number of carbonyl (C=O) groups is 1. The van der Waals surface area contributed by atoms with Gasteiger partial charge in [-0.2, -0.15) is 0 Å². The Morgan fingerprint density at radius 3 is 2.84 bits per heavy atom. The molecule has 0 aliphatic heterocycles. The average Bonchev–Trinajstić information content (AvgIpc) is 3.50. The van der Waals surface area contributed by atoms with Crippen molar-refractivity contribution in [2.24, 2.45) is 17.8 Å². The summed E-state index contributed by atoms with van der Waals surface area (Å²) >= 11 is 1.34. The third-order valence-corrected chi connectivity index (χ3v) is 8.06. The number of fused-ring (bicyclic) bond motifs is 3. The van der Waals surface area contributed by atoms with Crippen molar-refractivity contribution in [2.45, 2.75) is 50.2 Å². The molecule has 3 N–H and O–H groups in total. The molecule has 4 atom stereocenters. The minimum absolute atomic E-state index is 0.0406. The summed E-state index contributed by atoms with van der Waals surface area (Å²) in [5.74, 6) is 9.62. The van der Waals surface area contributed by atoms with Crippen LogP contribution in [0.25, 0.3) is 10.8 Å². The van der Waals surface area contributed by atoms with Crippen LogP contribution in [0.4, 0.5) is 0 Å². The second kappa shape index (κ2) is 8.54. The van der Waals surface area contributed by atoms with E-state index in [2.05, 4.69) is 46.7 Å². The maximum Gasteiger partial charge on any atom is 0.230 e. The quantitative estimate of drug-likeness (QED) is 0.436. The fraction of sp³-hybridized carbons (Fsp3) is 0.458. The van der Waals surface area contributed by atoms with Gasteiger partial charge in [-0.3, -0.25) is 4.79 Å². The number of nitrogen functional groups attached to an aromatic ring is 1. The summed E-state index contributed by atoms with van der Waals surface area (Å²) in [6.45, 7) is 2.15. The Kier molecular flexibility index (Phi) is 5.61. The highest BCUT2D eigenvalue weighted by Gasteiger charge is 2.42. The van der Waals surface area contributed by atoms with Crippen molar-refractivity contribution >= 4 is 28.4 Å². The van der Waals surface area contributed by atoms with Crippen LogP contribution in [0.5, 0.6) is 0 Å². The van der Waals surface area contributed by atoms with Gasteiger partial charge in [-0.1, -0.05) is 60.6 Å². The van der Waals surface area contributed by atoms with Crippen LogP contribution in [-0.4, -0.2) is 32.6 Å². The standard InChI is InChI=1S/C24H29N5OS/c1-15(21-12-16-9-10-19(21)11-16)26-23(30)14-31-24-28-27-22(29(24)25)13-18-7-4-6-17-5-2-3-8-20(17)18/h2-8,15-16,19,21H,9-14,25H2,1H3,(H,26,30). The third kappa shape index (κ3) is 4.15. The van der Waals surface area contributed by atoms with Crippen molar-refractivity contribution in [1.29, 1.82) is 0 Å². The SMILES string of the molecule is CC(NC(=O)CSc1nnc(Cc2cccc3ccccc23)n1N)C1CC2CCC1C2. The maximum absolute atomic E-state index is 12.5. The molecule has 1 amide bonds. The average molecular weight is 436 g/mol. The number of aromatic nitrogens is 3. The van der Waals surface area contributed by atoms with Gasteiger partial charge in [0.25, 0.3) is 0 Å². The summed E-state index contributed by atoms with van der Waals surface area (Å²) in [6, 6.07) is 14.8. The summed E-state index contributed by atoms with van der Waals surface area (Å²) in [5, 5.41) is 14.7. The number of benzene rings is 2. The largest absolute Gasteiger partial charge is 0.353 e. The molecule has 0 radical (unpaired) electrons. The zero-order valence-corrected chi connectivity index (χ0v) is 18.6. The Bertz CT molecular complexity index is 1090. The number of nitrogens with two attached hydrogens (primary N) is 1. The Hall–Kier alpha value is -2.54. The van der Waals surface area contributed by atoms with Gasteiger partial charge in [0.1, 0.15) is 0 Å². The predicted molar refractivity (Wildman–Crippen MR) is 124 cm³/mol. The predicted octanol–water partition coefficient (Wildman–Crippen LogP) is 3.77. The van der Waals surface area contributed by atoms with Crippen molar-refractivity contribution in [3.63, 3.8) is 0 Å². The molecule has 2 aromatic carbocycles. The zero-order chi connectivity index (χ0) is 21.4. The number of nitrogens with one attached hydrogen (secondary N) is 1. The minimum atomic E-state index is 0.0406. The molecule has 4 unspecified atom stereocenters. The van der Waals surface area contributed by atoms with Gasteiger partial charge in [-0.25, -0.2) is 4.68 Å². The summed E-state index contributed by atoms with van der Waals surface area (Å²) in [5.41, 5.74) is 1.16. The van der Waals surface area contributed by atoms with E-state index in [1.165, 1.54) is 52.9 Å². The zero-order valence-electron chi connectivity index (χ0n) is 17.8. The van der Waals surface area contributed by atoms with Crippen molar-refractivity contribution in [3.8, 4) is 0 Å². The normalized spacial score (nSPS) is 23.3. The summed E-state index contributed by atoms with van der Waals surface area (Å²) in [6.07, 6.45) is 5.94. The first kappa shape index (κ1) is 20.4. The van der Waals surface area contributed by atoms with E-state index in [-0.39, 0.29) is 11.9 Å². The van der Waals surface area contributed by atoms with Crippen LogP contribution in [0.2, 0.25) is 0 Å². The van der Waals surface area contributed by atoms with Crippen LogP contribution in [0.3, 0.4) is 0 Å². The Balaban J connectivity index is 1.19. The Labute approximate surface area is 187 Å².